The molecule has 3 nitrogen and oxygen atoms in total. The summed E-state index contributed by atoms with van der Waals surface area (Å²) in [5.74, 6) is 0.195. The normalized spacial score (nSPS) is 13.8. The van der Waals surface area contributed by atoms with E-state index in [2.05, 4.69) is 36.5 Å². The summed E-state index contributed by atoms with van der Waals surface area (Å²) in [6.07, 6.45) is 0. The smallest absolute Gasteiger partial charge is 0.153 e. The van der Waals surface area contributed by atoms with Crippen LogP contribution in [0.25, 0.3) is 0 Å². The first-order valence-corrected chi connectivity index (χ1v) is 8.06. The van der Waals surface area contributed by atoms with E-state index in [9.17, 15) is 8.42 Å². The standard InChI is InChI=1S/C14H23NO2S/c1-11(2)18(16,17)10-9-15-13(4)14-7-5-12(3)6-8-14/h5-8,11,13,15H,9-10H2,1-4H3/t13-/m1/s1. The first kappa shape index (κ1) is 15.2. The molecule has 0 saturated carbocycles. The third-order valence-corrected chi connectivity index (χ3v) is 5.34. The summed E-state index contributed by atoms with van der Waals surface area (Å²) in [7, 11) is -2.95. The predicted octanol–water partition coefficient (Wildman–Crippen LogP) is 2.47. The summed E-state index contributed by atoms with van der Waals surface area (Å²) in [5, 5.41) is 2.95. The number of hydrogen-bond acceptors (Lipinski definition) is 3. The van der Waals surface area contributed by atoms with Crippen LogP contribution in [-0.2, 0) is 9.84 Å². The van der Waals surface area contributed by atoms with Crippen LogP contribution in [0.2, 0.25) is 0 Å². The Labute approximate surface area is 111 Å². The van der Waals surface area contributed by atoms with Gasteiger partial charge in [0.2, 0.25) is 0 Å². The van der Waals surface area contributed by atoms with Crippen molar-refractivity contribution in [3.63, 3.8) is 0 Å². The van der Waals surface area contributed by atoms with Crippen molar-refractivity contribution in [1.82, 2.24) is 5.32 Å². The summed E-state index contributed by atoms with van der Waals surface area (Å²) in [4.78, 5) is 0. The number of nitrogens with one attached hydrogen (secondary N) is 1. The van der Waals surface area contributed by atoms with Crippen molar-refractivity contribution in [3.8, 4) is 0 Å². The van der Waals surface area contributed by atoms with Crippen LogP contribution in [0.5, 0.6) is 0 Å². The third-order valence-electron chi connectivity index (χ3n) is 3.13. The Bertz CT molecular complexity index is 463. The van der Waals surface area contributed by atoms with E-state index in [1.165, 1.54) is 11.1 Å². The Kier molecular flexibility index (Phi) is 5.35. The zero-order chi connectivity index (χ0) is 13.8. The zero-order valence-electron chi connectivity index (χ0n) is 11.6. The fourth-order valence-corrected chi connectivity index (χ4v) is 2.50. The van der Waals surface area contributed by atoms with Gasteiger partial charge >= 0.3 is 0 Å². The fraction of sp³-hybridized carbons (Fsp3) is 0.571. The highest BCUT2D eigenvalue weighted by Gasteiger charge is 2.15. The van der Waals surface area contributed by atoms with Crippen molar-refractivity contribution in [2.45, 2.75) is 39.0 Å². The van der Waals surface area contributed by atoms with E-state index in [0.29, 0.717) is 6.54 Å². The first-order valence-electron chi connectivity index (χ1n) is 6.34. The largest absolute Gasteiger partial charge is 0.309 e. The molecular weight excluding hydrogens is 246 g/mol. The van der Waals surface area contributed by atoms with Gasteiger partial charge in [-0.25, -0.2) is 8.42 Å². The van der Waals surface area contributed by atoms with Crippen molar-refractivity contribution in [2.75, 3.05) is 12.3 Å². The van der Waals surface area contributed by atoms with Crippen molar-refractivity contribution < 1.29 is 8.42 Å². The van der Waals surface area contributed by atoms with Gasteiger partial charge in [-0.2, -0.15) is 0 Å². The molecule has 0 amide bonds. The molecule has 1 atom stereocenters. The van der Waals surface area contributed by atoms with E-state index < -0.39 is 9.84 Å². The van der Waals surface area contributed by atoms with Gasteiger partial charge < -0.3 is 5.32 Å². The van der Waals surface area contributed by atoms with Crippen LogP contribution in [0.1, 0.15) is 37.9 Å². The Morgan fingerprint density at radius 1 is 1.11 bits per heavy atom. The number of rotatable bonds is 6. The second-order valence-corrected chi connectivity index (χ2v) is 7.68. The molecule has 0 fully saturated rings. The summed E-state index contributed by atoms with van der Waals surface area (Å²) >= 11 is 0. The van der Waals surface area contributed by atoms with Crippen LogP contribution in [0.15, 0.2) is 24.3 Å². The molecule has 0 spiro atoms. The molecular formula is C14H23NO2S. The molecule has 102 valence electrons. The molecule has 1 N–H and O–H groups in total. The van der Waals surface area contributed by atoms with E-state index in [0.717, 1.165) is 0 Å². The highest BCUT2D eigenvalue weighted by atomic mass is 32.2. The highest BCUT2D eigenvalue weighted by Crippen LogP contribution is 2.12. The minimum Gasteiger partial charge on any atom is -0.309 e. The lowest BCUT2D eigenvalue weighted by Crippen LogP contribution is -2.29. The zero-order valence-corrected chi connectivity index (χ0v) is 12.4. The molecule has 0 aliphatic heterocycles. The minimum atomic E-state index is -2.95. The number of hydrogen-bond donors (Lipinski definition) is 1. The van der Waals surface area contributed by atoms with Gasteiger partial charge in [-0.05, 0) is 33.3 Å². The SMILES string of the molecule is Cc1ccc([C@@H](C)NCCS(=O)(=O)C(C)C)cc1. The van der Waals surface area contributed by atoms with Gasteiger partial charge in [0, 0.05) is 12.6 Å². The molecule has 1 aromatic rings. The molecule has 18 heavy (non-hydrogen) atoms. The Balaban J connectivity index is 2.47. The van der Waals surface area contributed by atoms with E-state index >= 15 is 0 Å². The fourth-order valence-electron chi connectivity index (χ4n) is 1.63. The summed E-state index contributed by atoms with van der Waals surface area (Å²) in [6, 6.07) is 8.46. The van der Waals surface area contributed by atoms with Crippen molar-refractivity contribution in [2.24, 2.45) is 0 Å². The number of sulfone groups is 1. The molecule has 0 aliphatic carbocycles. The average Bonchev–Trinajstić information content (AvgIpc) is 2.29. The monoisotopic (exact) mass is 269 g/mol. The van der Waals surface area contributed by atoms with E-state index in [1.54, 1.807) is 13.8 Å². The van der Waals surface area contributed by atoms with Gasteiger partial charge in [-0.1, -0.05) is 29.8 Å². The van der Waals surface area contributed by atoms with Crippen LogP contribution < -0.4 is 5.32 Å². The molecule has 0 bridgehead atoms. The van der Waals surface area contributed by atoms with Crippen LogP contribution in [0, 0.1) is 6.92 Å². The maximum Gasteiger partial charge on any atom is 0.153 e. The molecule has 0 aliphatic rings. The molecule has 0 radical (unpaired) electrons. The molecule has 0 unspecified atom stereocenters. The average molecular weight is 269 g/mol. The summed E-state index contributed by atoms with van der Waals surface area (Å²) < 4.78 is 23.3. The van der Waals surface area contributed by atoms with Crippen molar-refractivity contribution in [3.05, 3.63) is 35.4 Å². The maximum absolute atomic E-state index is 11.7. The van der Waals surface area contributed by atoms with Gasteiger partial charge in [-0.3, -0.25) is 0 Å². The Morgan fingerprint density at radius 2 is 1.67 bits per heavy atom. The van der Waals surface area contributed by atoms with Gasteiger partial charge in [-0.15, -0.1) is 0 Å². The molecule has 1 aromatic carbocycles. The highest BCUT2D eigenvalue weighted by molar-refractivity contribution is 7.92. The number of benzene rings is 1. The van der Waals surface area contributed by atoms with E-state index in [4.69, 9.17) is 0 Å². The Morgan fingerprint density at radius 3 is 2.17 bits per heavy atom. The topological polar surface area (TPSA) is 46.2 Å². The third kappa shape index (κ3) is 4.42. The molecule has 0 aromatic heterocycles. The van der Waals surface area contributed by atoms with Crippen LogP contribution in [-0.4, -0.2) is 26.0 Å². The molecule has 1 rings (SSSR count). The lowest BCUT2D eigenvalue weighted by Gasteiger charge is -2.15. The summed E-state index contributed by atoms with van der Waals surface area (Å²) in [5.41, 5.74) is 2.41. The quantitative estimate of drug-likeness (QED) is 0.863. The second-order valence-electron chi connectivity index (χ2n) is 5.00. The van der Waals surface area contributed by atoms with Crippen molar-refractivity contribution in [1.29, 1.82) is 0 Å². The van der Waals surface area contributed by atoms with Crippen LogP contribution in [0.4, 0.5) is 0 Å². The molecule has 0 heterocycles. The second kappa shape index (κ2) is 6.34. The lowest BCUT2D eigenvalue weighted by molar-refractivity contribution is 0.566. The minimum absolute atomic E-state index is 0.174. The van der Waals surface area contributed by atoms with Crippen LogP contribution in [0.3, 0.4) is 0 Å². The van der Waals surface area contributed by atoms with Gasteiger partial charge in [0.1, 0.15) is 0 Å². The maximum atomic E-state index is 11.7. The molecule has 4 heteroatoms. The van der Waals surface area contributed by atoms with Crippen LogP contribution >= 0.6 is 0 Å². The lowest BCUT2D eigenvalue weighted by atomic mass is 10.1. The van der Waals surface area contributed by atoms with Gasteiger partial charge in [0.15, 0.2) is 9.84 Å². The van der Waals surface area contributed by atoms with Gasteiger partial charge in [0.05, 0.1) is 11.0 Å². The summed E-state index contributed by atoms with van der Waals surface area (Å²) in [6.45, 7) is 8.04. The first-order chi connectivity index (χ1) is 8.33. The van der Waals surface area contributed by atoms with E-state index in [1.807, 2.05) is 6.92 Å². The Hall–Kier alpha value is -0.870. The molecule has 0 saturated heterocycles. The van der Waals surface area contributed by atoms with Crippen molar-refractivity contribution >= 4 is 9.84 Å². The predicted molar refractivity (Wildman–Crippen MR) is 76.5 cm³/mol. The van der Waals surface area contributed by atoms with Gasteiger partial charge in [0.25, 0.3) is 0 Å². The van der Waals surface area contributed by atoms with E-state index in [-0.39, 0.29) is 17.0 Å². The number of aryl methyl sites for hydroxylation is 1.